The van der Waals surface area contributed by atoms with Crippen LogP contribution in [0.25, 0.3) is 11.1 Å². The van der Waals surface area contributed by atoms with Crippen LogP contribution in [-0.2, 0) is 22.4 Å². The third-order valence-corrected chi connectivity index (χ3v) is 5.91. The molecule has 0 aromatic heterocycles. The van der Waals surface area contributed by atoms with E-state index < -0.39 is 5.97 Å². The molecule has 27 heavy (non-hydrogen) atoms. The first kappa shape index (κ1) is 17.6. The molecule has 2 aliphatic heterocycles. The number of carbonyl (C=O) groups excluding carboxylic acids is 1. The van der Waals surface area contributed by atoms with Crippen molar-refractivity contribution in [2.45, 2.75) is 32.7 Å². The second kappa shape index (κ2) is 6.41. The molecule has 0 fully saturated rings. The zero-order valence-corrected chi connectivity index (χ0v) is 16.0. The highest BCUT2D eigenvalue weighted by molar-refractivity contribution is 5.95. The van der Waals surface area contributed by atoms with Gasteiger partial charge in [-0.1, -0.05) is 29.8 Å². The highest BCUT2D eigenvalue weighted by Gasteiger charge is 2.39. The van der Waals surface area contributed by atoms with Gasteiger partial charge in [-0.15, -0.1) is 0 Å². The molecule has 5 heteroatoms. The zero-order chi connectivity index (χ0) is 19.3. The second-order valence-electron chi connectivity index (χ2n) is 7.61. The summed E-state index contributed by atoms with van der Waals surface area (Å²) in [5.74, 6) is -0.834. The largest absolute Gasteiger partial charge is 0.481 e. The lowest BCUT2D eigenvalue weighted by atomic mass is 9.86. The molecule has 0 radical (unpaired) electrons. The molecule has 0 saturated heterocycles. The summed E-state index contributed by atoms with van der Waals surface area (Å²) in [7, 11) is 2.05. The minimum atomic E-state index is -0.834. The highest BCUT2D eigenvalue weighted by atomic mass is 16.4. The Morgan fingerprint density at radius 2 is 1.89 bits per heavy atom. The van der Waals surface area contributed by atoms with E-state index >= 15 is 0 Å². The Kier molecular flexibility index (Phi) is 4.17. The van der Waals surface area contributed by atoms with Gasteiger partial charge in [-0.25, -0.2) is 0 Å². The summed E-state index contributed by atoms with van der Waals surface area (Å²) >= 11 is 0. The maximum Gasteiger partial charge on any atom is 0.307 e. The second-order valence-corrected chi connectivity index (χ2v) is 7.61. The van der Waals surface area contributed by atoms with Gasteiger partial charge in [-0.2, -0.15) is 0 Å². The zero-order valence-electron chi connectivity index (χ0n) is 16.0. The number of nitrogens with zero attached hydrogens (tertiary/aromatic N) is 2. The van der Waals surface area contributed by atoms with Crippen molar-refractivity contribution >= 4 is 23.6 Å². The Labute approximate surface area is 159 Å². The minimum Gasteiger partial charge on any atom is -0.481 e. The molecule has 0 aliphatic carbocycles. The maximum atomic E-state index is 11.8. The number of anilines is 2. The lowest BCUT2D eigenvalue weighted by Crippen LogP contribution is -2.43. The molecule has 0 saturated carbocycles. The van der Waals surface area contributed by atoms with Crippen molar-refractivity contribution in [2.75, 3.05) is 29.9 Å². The summed E-state index contributed by atoms with van der Waals surface area (Å²) in [5.41, 5.74) is 8.36. The van der Waals surface area contributed by atoms with Gasteiger partial charge in [-0.3, -0.25) is 4.79 Å². The molecule has 4 rings (SSSR count). The molecular weight excluding hydrogens is 340 g/mol. The van der Waals surface area contributed by atoms with E-state index in [2.05, 4.69) is 34.1 Å². The standard InChI is InChI=1S/C22H24N2O3/c1-13-4-6-15(7-5-13)20-17(11-19(26)27)14(2)21-22-18(20)10-16(12-25)24(22)9-8-23(21)3/h4-7,12,16H,8-11H2,1-3H3,(H,26,27). The number of carboxylic acid groups (broad SMARTS) is 1. The number of aliphatic carboxylic acids is 1. The summed E-state index contributed by atoms with van der Waals surface area (Å²) in [4.78, 5) is 27.8. The number of hydrogen-bond acceptors (Lipinski definition) is 4. The van der Waals surface area contributed by atoms with Gasteiger partial charge >= 0.3 is 5.97 Å². The predicted octanol–water partition coefficient (Wildman–Crippen LogP) is 2.98. The third-order valence-electron chi connectivity index (χ3n) is 5.91. The van der Waals surface area contributed by atoms with Crippen LogP contribution in [0.5, 0.6) is 0 Å². The lowest BCUT2D eigenvalue weighted by Gasteiger charge is -2.38. The number of rotatable bonds is 4. The fraction of sp³-hybridized carbons (Fsp3) is 0.364. The van der Waals surface area contributed by atoms with E-state index in [-0.39, 0.29) is 12.5 Å². The number of carbonyl (C=O) groups is 2. The number of carboxylic acids is 1. The number of likely N-dealkylation sites (N-methyl/N-ethyl adjacent to an activating group) is 1. The number of hydrogen-bond donors (Lipinski definition) is 1. The normalized spacial score (nSPS) is 17.8. The fourth-order valence-electron chi connectivity index (χ4n) is 4.62. The van der Waals surface area contributed by atoms with Crippen molar-refractivity contribution in [3.8, 4) is 11.1 Å². The van der Waals surface area contributed by atoms with Crippen molar-refractivity contribution < 1.29 is 14.7 Å². The topological polar surface area (TPSA) is 60.9 Å². The number of aldehydes is 1. The van der Waals surface area contributed by atoms with Crippen LogP contribution < -0.4 is 9.80 Å². The molecule has 2 aliphatic rings. The maximum absolute atomic E-state index is 11.8. The first-order valence-corrected chi connectivity index (χ1v) is 9.32. The first-order valence-electron chi connectivity index (χ1n) is 9.32. The Bertz CT molecular complexity index is 934. The summed E-state index contributed by atoms with van der Waals surface area (Å²) in [6.07, 6.45) is 1.64. The third kappa shape index (κ3) is 2.69. The van der Waals surface area contributed by atoms with Crippen LogP contribution in [0.2, 0.25) is 0 Å². The van der Waals surface area contributed by atoms with Crippen molar-refractivity contribution in [2.24, 2.45) is 0 Å². The molecule has 140 valence electrons. The van der Waals surface area contributed by atoms with E-state index in [1.807, 2.05) is 20.9 Å². The van der Waals surface area contributed by atoms with Crippen LogP contribution >= 0.6 is 0 Å². The Morgan fingerprint density at radius 3 is 2.52 bits per heavy atom. The van der Waals surface area contributed by atoms with Crippen molar-refractivity contribution in [1.82, 2.24) is 0 Å². The summed E-state index contributed by atoms with van der Waals surface area (Å²) in [5, 5.41) is 9.57. The van der Waals surface area contributed by atoms with Crippen LogP contribution in [0.1, 0.15) is 22.3 Å². The van der Waals surface area contributed by atoms with E-state index in [4.69, 9.17) is 0 Å². The van der Waals surface area contributed by atoms with E-state index in [0.29, 0.717) is 6.42 Å². The van der Waals surface area contributed by atoms with Crippen LogP contribution in [0, 0.1) is 13.8 Å². The van der Waals surface area contributed by atoms with Gasteiger partial charge in [-0.05, 0) is 41.7 Å². The van der Waals surface area contributed by atoms with Gasteiger partial charge in [0.25, 0.3) is 0 Å². The molecule has 2 heterocycles. The van der Waals surface area contributed by atoms with Crippen LogP contribution in [-0.4, -0.2) is 43.5 Å². The molecule has 1 atom stereocenters. The minimum absolute atomic E-state index is 0.0189. The summed E-state index contributed by atoms with van der Waals surface area (Å²) in [6.45, 7) is 5.69. The Morgan fingerprint density at radius 1 is 1.19 bits per heavy atom. The van der Waals surface area contributed by atoms with Crippen molar-refractivity contribution in [3.63, 3.8) is 0 Å². The van der Waals surface area contributed by atoms with Gasteiger partial charge in [0, 0.05) is 26.6 Å². The Hall–Kier alpha value is -2.82. The molecule has 0 bridgehead atoms. The van der Waals surface area contributed by atoms with Crippen LogP contribution in [0.4, 0.5) is 11.4 Å². The number of aryl methyl sites for hydroxylation is 1. The molecule has 0 amide bonds. The van der Waals surface area contributed by atoms with Gasteiger partial charge in [0.1, 0.15) is 6.29 Å². The smallest absolute Gasteiger partial charge is 0.307 e. The summed E-state index contributed by atoms with van der Waals surface area (Å²) in [6, 6.07) is 8.05. The average Bonchev–Trinajstić information content (AvgIpc) is 3.00. The van der Waals surface area contributed by atoms with E-state index in [1.54, 1.807) is 0 Å². The SMILES string of the molecule is Cc1ccc(-c2c(CC(=O)O)c(C)c3c4c2CC(C=O)N4CCN3C)cc1. The van der Waals surface area contributed by atoms with Gasteiger partial charge in [0.2, 0.25) is 0 Å². The molecule has 2 aromatic carbocycles. The molecule has 1 N–H and O–H groups in total. The average molecular weight is 364 g/mol. The lowest BCUT2D eigenvalue weighted by molar-refractivity contribution is -0.136. The monoisotopic (exact) mass is 364 g/mol. The highest BCUT2D eigenvalue weighted by Crippen LogP contribution is 2.50. The fourth-order valence-corrected chi connectivity index (χ4v) is 4.62. The molecule has 5 nitrogen and oxygen atoms in total. The van der Waals surface area contributed by atoms with E-state index in [0.717, 1.165) is 64.1 Å². The quantitative estimate of drug-likeness (QED) is 0.845. The van der Waals surface area contributed by atoms with Gasteiger partial charge in [0.15, 0.2) is 0 Å². The first-order chi connectivity index (χ1) is 12.9. The molecule has 2 aromatic rings. The van der Waals surface area contributed by atoms with E-state index in [9.17, 15) is 14.7 Å². The van der Waals surface area contributed by atoms with Crippen molar-refractivity contribution in [1.29, 1.82) is 0 Å². The molecule has 0 spiro atoms. The van der Waals surface area contributed by atoms with Gasteiger partial charge in [0.05, 0.1) is 23.8 Å². The Balaban J connectivity index is 2.06. The van der Waals surface area contributed by atoms with Crippen LogP contribution in [0.15, 0.2) is 24.3 Å². The van der Waals surface area contributed by atoms with Crippen molar-refractivity contribution in [3.05, 3.63) is 46.5 Å². The van der Waals surface area contributed by atoms with Crippen LogP contribution in [0.3, 0.4) is 0 Å². The molecular formula is C22H24N2O3. The van der Waals surface area contributed by atoms with E-state index in [1.165, 1.54) is 0 Å². The predicted molar refractivity (Wildman–Crippen MR) is 107 cm³/mol. The summed E-state index contributed by atoms with van der Waals surface area (Å²) < 4.78 is 0. The molecule has 1 unspecified atom stereocenters. The number of benzene rings is 2. The van der Waals surface area contributed by atoms with Gasteiger partial charge < -0.3 is 19.7 Å².